The van der Waals surface area contributed by atoms with E-state index >= 15 is 0 Å². The molecule has 0 atom stereocenters. The molecule has 1 fully saturated rings. The van der Waals surface area contributed by atoms with Crippen LogP contribution in [0.3, 0.4) is 0 Å². The zero-order valence-corrected chi connectivity index (χ0v) is 16.7. The third kappa shape index (κ3) is 4.86. The van der Waals surface area contributed by atoms with Gasteiger partial charge < -0.3 is 14.5 Å². The first-order valence-corrected chi connectivity index (χ1v) is 9.65. The van der Waals surface area contributed by atoms with Crippen LogP contribution in [0.2, 0.25) is 0 Å². The summed E-state index contributed by atoms with van der Waals surface area (Å²) in [6.07, 6.45) is 1.11. The number of nitrogens with zero attached hydrogens (tertiary/aromatic N) is 4. The Bertz CT molecular complexity index is 719. The molecule has 3 rings (SSSR count). The molecule has 0 radical (unpaired) electrons. The summed E-state index contributed by atoms with van der Waals surface area (Å²) in [5.74, 6) is 0. The molecule has 0 bridgehead atoms. The average Bonchev–Trinajstić information content (AvgIpc) is 2.95. The van der Waals surface area contributed by atoms with E-state index < -0.39 is 0 Å². The zero-order chi connectivity index (χ0) is 18.5. The minimum atomic E-state index is 0.832. The van der Waals surface area contributed by atoms with Gasteiger partial charge in [-0.1, -0.05) is 6.07 Å². The smallest absolute Gasteiger partial charge is 0.0642 e. The molecule has 0 amide bonds. The third-order valence-corrected chi connectivity index (χ3v) is 5.16. The van der Waals surface area contributed by atoms with Crippen LogP contribution in [0, 0.1) is 20.8 Å². The first-order valence-electron chi connectivity index (χ1n) is 9.65. The minimum absolute atomic E-state index is 0.832. The van der Waals surface area contributed by atoms with Crippen LogP contribution < -0.4 is 4.90 Å². The van der Waals surface area contributed by atoms with Gasteiger partial charge in [0.25, 0.3) is 0 Å². The Balaban J connectivity index is 1.50. The number of anilines is 1. The maximum Gasteiger partial charge on any atom is 0.0642 e. The molecular weight excluding hydrogens is 324 g/mol. The van der Waals surface area contributed by atoms with Crippen molar-refractivity contribution in [2.75, 3.05) is 44.8 Å². The highest BCUT2D eigenvalue weighted by atomic mass is 16.5. The second kappa shape index (κ2) is 8.69. The number of aromatic nitrogens is 2. The zero-order valence-electron chi connectivity index (χ0n) is 16.7. The van der Waals surface area contributed by atoms with Gasteiger partial charge in [0.2, 0.25) is 0 Å². The number of hydrogen-bond acceptors (Lipinski definition) is 4. The molecule has 1 saturated heterocycles. The molecule has 26 heavy (non-hydrogen) atoms. The third-order valence-electron chi connectivity index (χ3n) is 5.16. The Morgan fingerprint density at radius 1 is 1.12 bits per heavy atom. The molecule has 5 nitrogen and oxygen atoms in total. The second-order valence-corrected chi connectivity index (χ2v) is 7.45. The van der Waals surface area contributed by atoms with Gasteiger partial charge in [0.1, 0.15) is 0 Å². The molecule has 0 unspecified atom stereocenters. The van der Waals surface area contributed by atoms with Gasteiger partial charge in [0.15, 0.2) is 0 Å². The fourth-order valence-corrected chi connectivity index (χ4v) is 3.64. The second-order valence-electron chi connectivity index (χ2n) is 7.45. The first-order chi connectivity index (χ1) is 12.5. The van der Waals surface area contributed by atoms with Crippen LogP contribution in [-0.2, 0) is 17.8 Å². The Hall–Kier alpha value is -1.85. The van der Waals surface area contributed by atoms with Crippen molar-refractivity contribution in [1.29, 1.82) is 0 Å². The van der Waals surface area contributed by atoms with Crippen molar-refractivity contribution in [3.63, 3.8) is 0 Å². The van der Waals surface area contributed by atoms with Crippen molar-refractivity contribution in [3.05, 3.63) is 46.8 Å². The van der Waals surface area contributed by atoms with Crippen molar-refractivity contribution in [3.8, 4) is 0 Å². The highest BCUT2D eigenvalue weighted by Gasteiger charge is 2.12. The predicted octanol–water partition coefficient (Wildman–Crippen LogP) is 3.17. The number of hydrogen-bond donors (Lipinski definition) is 0. The number of aryl methyl sites for hydroxylation is 4. The summed E-state index contributed by atoms with van der Waals surface area (Å²) in [6.45, 7) is 13.1. The summed E-state index contributed by atoms with van der Waals surface area (Å²) in [4.78, 5) is 4.82. The monoisotopic (exact) mass is 356 g/mol. The molecular formula is C21H32N4O. The molecule has 1 aliphatic heterocycles. The predicted molar refractivity (Wildman–Crippen MR) is 107 cm³/mol. The van der Waals surface area contributed by atoms with Crippen molar-refractivity contribution in [1.82, 2.24) is 14.7 Å². The first kappa shape index (κ1) is 18.9. The molecule has 2 aromatic rings. The minimum Gasteiger partial charge on any atom is -0.378 e. The average molecular weight is 357 g/mol. The van der Waals surface area contributed by atoms with E-state index in [4.69, 9.17) is 4.74 Å². The number of rotatable bonds is 7. The van der Waals surface area contributed by atoms with Crippen molar-refractivity contribution in [2.24, 2.45) is 0 Å². The quantitative estimate of drug-likeness (QED) is 0.763. The Kier molecular flexibility index (Phi) is 6.33. The largest absolute Gasteiger partial charge is 0.378 e. The summed E-state index contributed by atoms with van der Waals surface area (Å²) >= 11 is 0. The molecule has 2 heterocycles. The molecule has 142 valence electrons. The van der Waals surface area contributed by atoms with Gasteiger partial charge in [-0.2, -0.15) is 5.10 Å². The van der Waals surface area contributed by atoms with Crippen LogP contribution in [-0.4, -0.2) is 54.6 Å². The van der Waals surface area contributed by atoms with Crippen LogP contribution in [0.1, 0.15) is 28.9 Å². The van der Waals surface area contributed by atoms with E-state index in [-0.39, 0.29) is 0 Å². The molecule has 1 aromatic heterocycles. The van der Waals surface area contributed by atoms with Crippen LogP contribution >= 0.6 is 0 Å². The van der Waals surface area contributed by atoms with E-state index in [1.165, 1.54) is 22.5 Å². The summed E-state index contributed by atoms with van der Waals surface area (Å²) < 4.78 is 7.57. The van der Waals surface area contributed by atoms with E-state index in [1.807, 2.05) is 0 Å². The standard InChI is InChI=1S/C21H32N4O/c1-17-14-21(24-10-12-26-13-11-24)7-6-20(17)16-23(4)8-5-9-25-19(3)15-18(2)22-25/h6-7,14-15H,5,8-13,16H2,1-4H3. The van der Waals surface area contributed by atoms with E-state index in [0.717, 1.165) is 58.1 Å². The lowest BCUT2D eigenvalue weighted by molar-refractivity contribution is 0.122. The summed E-state index contributed by atoms with van der Waals surface area (Å²) in [6, 6.07) is 9.02. The van der Waals surface area contributed by atoms with Gasteiger partial charge in [-0.05, 0) is 70.1 Å². The lowest BCUT2D eigenvalue weighted by Gasteiger charge is -2.29. The van der Waals surface area contributed by atoms with E-state index in [0.29, 0.717) is 0 Å². The number of ether oxygens (including phenoxy) is 1. The Morgan fingerprint density at radius 2 is 1.88 bits per heavy atom. The van der Waals surface area contributed by atoms with Crippen molar-refractivity contribution in [2.45, 2.75) is 40.3 Å². The molecule has 1 aromatic carbocycles. The van der Waals surface area contributed by atoms with Gasteiger partial charge in [0.05, 0.1) is 18.9 Å². The Labute approximate surface area is 157 Å². The lowest BCUT2D eigenvalue weighted by atomic mass is 10.1. The number of benzene rings is 1. The molecule has 0 spiro atoms. The normalized spacial score (nSPS) is 15.0. The highest BCUT2D eigenvalue weighted by molar-refractivity contribution is 5.51. The summed E-state index contributed by atoms with van der Waals surface area (Å²) in [7, 11) is 2.20. The van der Waals surface area contributed by atoms with Crippen molar-refractivity contribution >= 4 is 5.69 Å². The molecule has 0 N–H and O–H groups in total. The van der Waals surface area contributed by atoms with Gasteiger partial charge in [-0.25, -0.2) is 0 Å². The van der Waals surface area contributed by atoms with Crippen LogP contribution in [0.4, 0.5) is 5.69 Å². The maximum atomic E-state index is 5.45. The molecule has 0 saturated carbocycles. The molecule has 5 heteroatoms. The van der Waals surface area contributed by atoms with E-state index in [2.05, 4.69) is 71.7 Å². The maximum absolute atomic E-state index is 5.45. The van der Waals surface area contributed by atoms with Gasteiger partial charge >= 0.3 is 0 Å². The highest BCUT2D eigenvalue weighted by Crippen LogP contribution is 2.21. The van der Waals surface area contributed by atoms with E-state index in [9.17, 15) is 0 Å². The van der Waals surface area contributed by atoms with Crippen LogP contribution in [0.5, 0.6) is 0 Å². The molecule has 0 aliphatic carbocycles. The van der Waals surface area contributed by atoms with Crippen LogP contribution in [0.25, 0.3) is 0 Å². The Morgan fingerprint density at radius 3 is 2.54 bits per heavy atom. The summed E-state index contributed by atoms with van der Waals surface area (Å²) in [5.41, 5.74) is 6.46. The number of morpholine rings is 1. The van der Waals surface area contributed by atoms with Crippen LogP contribution in [0.15, 0.2) is 24.3 Å². The fraction of sp³-hybridized carbons (Fsp3) is 0.571. The SMILES string of the molecule is Cc1cc(C)n(CCCN(C)Cc2ccc(N3CCOCC3)cc2C)n1. The van der Waals surface area contributed by atoms with E-state index in [1.54, 1.807) is 0 Å². The van der Waals surface area contributed by atoms with Gasteiger partial charge in [-0.15, -0.1) is 0 Å². The van der Waals surface area contributed by atoms with Crippen molar-refractivity contribution < 1.29 is 4.74 Å². The lowest BCUT2D eigenvalue weighted by Crippen LogP contribution is -2.36. The molecule has 1 aliphatic rings. The summed E-state index contributed by atoms with van der Waals surface area (Å²) in [5, 5.41) is 4.54. The van der Waals surface area contributed by atoms with Gasteiger partial charge in [-0.3, -0.25) is 4.68 Å². The topological polar surface area (TPSA) is 33.5 Å². The fourth-order valence-electron chi connectivity index (χ4n) is 3.64. The van der Waals surface area contributed by atoms with Gasteiger partial charge in [0, 0.05) is 37.6 Å².